The van der Waals surface area contributed by atoms with Crippen molar-refractivity contribution < 1.29 is 0 Å². The molecule has 0 atom stereocenters. The second-order valence-corrected chi connectivity index (χ2v) is 12.8. The molecule has 1 heteroatoms. The number of thiophene rings is 1. The van der Waals surface area contributed by atoms with Gasteiger partial charge in [-0.1, -0.05) is 115 Å². The molecule has 0 aliphatic carbocycles. The Morgan fingerprint density at radius 2 is 0.884 bits per heavy atom. The van der Waals surface area contributed by atoms with Gasteiger partial charge in [-0.25, -0.2) is 0 Å². The number of fused-ring (bicyclic) bond motifs is 6. The van der Waals surface area contributed by atoms with E-state index in [2.05, 4.69) is 146 Å². The van der Waals surface area contributed by atoms with Crippen LogP contribution in [-0.2, 0) is 0 Å². The molecule has 1 heterocycles. The van der Waals surface area contributed by atoms with E-state index in [1.54, 1.807) is 0 Å². The second kappa shape index (κ2) is 8.64. The number of hydrogen-bond donors (Lipinski definition) is 0. The van der Waals surface area contributed by atoms with Crippen LogP contribution in [0.4, 0.5) is 0 Å². The summed E-state index contributed by atoms with van der Waals surface area (Å²) < 4.78 is 2.66. The molecule has 0 saturated heterocycles. The van der Waals surface area contributed by atoms with E-state index in [0.29, 0.717) is 0 Å². The lowest BCUT2D eigenvalue weighted by atomic mass is 9.89. The van der Waals surface area contributed by atoms with Crippen molar-refractivity contribution in [3.05, 3.63) is 146 Å². The first-order valence-electron chi connectivity index (χ1n) is 14.8. The van der Waals surface area contributed by atoms with E-state index in [9.17, 15) is 0 Å². The van der Waals surface area contributed by atoms with Gasteiger partial charge in [0.1, 0.15) is 0 Å². The predicted molar refractivity (Wildman–Crippen MR) is 189 cm³/mol. The van der Waals surface area contributed by atoms with Crippen LogP contribution in [0, 0.1) is 0 Å². The zero-order valence-corrected chi connectivity index (χ0v) is 24.1. The maximum Gasteiger partial charge on any atom is 0.0355 e. The third-order valence-electron chi connectivity index (χ3n) is 9.39. The van der Waals surface area contributed by atoms with Gasteiger partial charge in [-0.15, -0.1) is 11.3 Å². The fourth-order valence-electron chi connectivity index (χ4n) is 7.39. The zero-order chi connectivity index (χ0) is 28.1. The molecule has 0 unspecified atom stereocenters. The molecule has 0 saturated carbocycles. The summed E-state index contributed by atoms with van der Waals surface area (Å²) in [6.45, 7) is 0. The molecule has 1 aromatic heterocycles. The van der Waals surface area contributed by atoms with Crippen LogP contribution >= 0.6 is 11.3 Å². The number of rotatable bonds is 2. The van der Waals surface area contributed by atoms with Crippen molar-refractivity contribution in [3.63, 3.8) is 0 Å². The van der Waals surface area contributed by atoms with Crippen LogP contribution in [0.5, 0.6) is 0 Å². The summed E-state index contributed by atoms with van der Waals surface area (Å²) in [5.41, 5.74) is 5.12. The summed E-state index contributed by atoms with van der Waals surface area (Å²) in [6.07, 6.45) is 0. The Morgan fingerprint density at radius 3 is 1.65 bits per heavy atom. The van der Waals surface area contributed by atoms with Crippen molar-refractivity contribution in [3.8, 4) is 22.3 Å². The zero-order valence-electron chi connectivity index (χ0n) is 23.3. The Morgan fingerprint density at radius 1 is 0.302 bits per heavy atom. The number of hydrogen-bond acceptors (Lipinski definition) is 1. The fourth-order valence-corrected chi connectivity index (χ4v) is 8.46. The largest absolute Gasteiger partial charge is 0.135 e. The minimum Gasteiger partial charge on any atom is -0.135 e. The van der Waals surface area contributed by atoms with E-state index >= 15 is 0 Å². The van der Waals surface area contributed by atoms with E-state index in [1.807, 2.05) is 11.3 Å². The smallest absolute Gasteiger partial charge is 0.0355 e. The highest BCUT2D eigenvalue weighted by molar-refractivity contribution is 7.25. The first-order chi connectivity index (χ1) is 21.3. The molecule has 0 amide bonds. The lowest BCUT2D eigenvalue weighted by Gasteiger charge is -2.14. The van der Waals surface area contributed by atoms with Gasteiger partial charge in [-0.05, 0) is 106 Å². The van der Waals surface area contributed by atoms with Crippen LogP contribution in [0.1, 0.15) is 0 Å². The van der Waals surface area contributed by atoms with Gasteiger partial charge in [-0.3, -0.25) is 0 Å². The quantitative estimate of drug-likeness (QED) is 0.184. The summed E-state index contributed by atoms with van der Waals surface area (Å²) in [5.74, 6) is 0. The normalized spacial score (nSPS) is 12.2. The maximum atomic E-state index is 2.42. The molecule has 0 aliphatic heterocycles. The van der Waals surface area contributed by atoms with Gasteiger partial charge in [0.2, 0.25) is 0 Å². The molecule has 43 heavy (non-hydrogen) atoms. The highest BCUT2D eigenvalue weighted by Crippen LogP contribution is 2.43. The van der Waals surface area contributed by atoms with E-state index in [1.165, 1.54) is 96.3 Å². The van der Waals surface area contributed by atoms with Gasteiger partial charge in [-0.2, -0.15) is 0 Å². The molecule has 0 N–H and O–H groups in total. The van der Waals surface area contributed by atoms with Crippen molar-refractivity contribution in [1.82, 2.24) is 0 Å². The molecule has 0 bridgehead atoms. The molecule has 10 rings (SSSR count). The van der Waals surface area contributed by atoms with E-state index in [-0.39, 0.29) is 0 Å². The van der Waals surface area contributed by atoms with Gasteiger partial charge >= 0.3 is 0 Å². The standard InChI is InChI=1S/C42H24S/c1-2-9-31-28(6-1)22-36(34-11-4-3-10-33(31)34)30-17-21-40-38(24-30)37-23-29(16-20-39(37)43-40)32-18-14-27-13-12-25-7-5-8-26-15-19-35(32)42(27)41(25)26/h1-24H. The molecular formula is C42H24S. The first kappa shape index (κ1) is 23.3. The van der Waals surface area contributed by atoms with Gasteiger partial charge < -0.3 is 0 Å². The second-order valence-electron chi connectivity index (χ2n) is 11.7. The van der Waals surface area contributed by atoms with Crippen LogP contribution in [0.15, 0.2) is 146 Å². The monoisotopic (exact) mass is 560 g/mol. The van der Waals surface area contributed by atoms with Crippen LogP contribution in [-0.4, -0.2) is 0 Å². The Kier molecular flexibility index (Phi) is 4.69. The Balaban J connectivity index is 1.21. The minimum atomic E-state index is 1.27. The van der Waals surface area contributed by atoms with Crippen molar-refractivity contribution in [2.75, 3.05) is 0 Å². The van der Waals surface area contributed by atoms with Crippen molar-refractivity contribution >= 4 is 85.4 Å². The van der Waals surface area contributed by atoms with E-state index < -0.39 is 0 Å². The highest BCUT2D eigenvalue weighted by Gasteiger charge is 2.15. The predicted octanol–water partition coefficient (Wildman–Crippen LogP) is 12.6. The third kappa shape index (κ3) is 3.31. The number of benzene rings is 9. The van der Waals surface area contributed by atoms with Gasteiger partial charge in [0, 0.05) is 20.2 Å². The molecule has 0 nitrogen and oxygen atoms in total. The van der Waals surface area contributed by atoms with Crippen LogP contribution in [0.2, 0.25) is 0 Å². The summed E-state index contributed by atoms with van der Waals surface area (Å²) in [6, 6.07) is 54.3. The van der Waals surface area contributed by atoms with Gasteiger partial charge in [0.25, 0.3) is 0 Å². The van der Waals surface area contributed by atoms with E-state index in [4.69, 9.17) is 0 Å². The topological polar surface area (TPSA) is 0 Å². The van der Waals surface area contributed by atoms with Crippen LogP contribution in [0.3, 0.4) is 0 Å². The Bertz CT molecular complexity index is 2710. The van der Waals surface area contributed by atoms with Crippen molar-refractivity contribution in [2.45, 2.75) is 0 Å². The van der Waals surface area contributed by atoms with Gasteiger partial charge in [0.15, 0.2) is 0 Å². The van der Waals surface area contributed by atoms with Crippen LogP contribution < -0.4 is 0 Å². The average molecular weight is 561 g/mol. The molecule has 9 aromatic carbocycles. The Hall–Kier alpha value is -5.24. The third-order valence-corrected chi connectivity index (χ3v) is 10.5. The fraction of sp³-hybridized carbons (Fsp3) is 0. The summed E-state index contributed by atoms with van der Waals surface area (Å²) in [7, 11) is 0. The Labute approximate surface area is 252 Å². The van der Waals surface area contributed by atoms with Crippen molar-refractivity contribution in [2.24, 2.45) is 0 Å². The SMILES string of the molecule is c1ccc2c(c1)cc(-c1ccc3sc4ccc(-c5ccc6ccc7cccc8ccc5c6c78)cc4c3c1)c1ccccc12. The molecule has 10 aromatic rings. The van der Waals surface area contributed by atoms with E-state index in [0.717, 1.165) is 0 Å². The molecule has 0 fully saturated rings. The molecule has 0 spiro atoms. The molecule has 198 valence electrons. The summed E-state index contributed by atoms with van der Waals surface area (Å²) in [5, 5.41) is 15.8. The highest BCUT2D eigenvalue weighted by atomic mass is 32.1. The molecular weight excluding hydrogens is 537 g/mol. The van der Waals surface area contributed by atoms with Crippen molar-refractivity contribution in [1.29, 1.82) is 0 Å². The lowest BCUT2D eigenvalue weighted by molar-refractivity contribution is 1.71. The van der Waals surface area contributed by atoms with Gasteiger partial charge in [0.05, 0.1) is 0 Å². The average Bonchev–Trinajstić information content (AvgIpc) is 3.44. The van der Waals surface area contributed by atoms with Crippen LogP contribution in [0.25, 0.3) is 96.3 Å². The first-order valence-corrected chi connectivity index (χ1v) is 15.7. The lowest BCUT2D eigenvalue weighted by Crippen LogP contribution is -1.87. The molecule has 0 aliphatic rings. The maximum absolute atomic E-state index is 2.42. The minimum absolute atomic E-state index is 1.27. The molecule has 0 radical (unpaired) electrons. The summed E-state index contributed by atoms with van der Waals surface area (Å²) >= 11 is 1.89. The summed E-state index contributed by atoms with van der Waals surface area (Å²) in [4.78, 5) is 0.